The molecule has 0 radical (unpaired) electrons. The molecular formula is C12H17NO2. The molecule has 3 nitrogen and oxygen atoms in total. The quantitative estimate of drug-likeness (QED) is 0.771. The standard InChI is InChI=1S/C12H17NO2/c1-8(2)9-5-4-6-10(7-9)11(13)12(14)15-3/h4-8,11H,13H2,1-3H3. The van der Waals surface area contributed by atoms with E-state index in [0.29, 0.717) is 5.92 Å². The van der Waals surface area contributed by atoms with E-state index < -0.39 is 12.0 Å². The first-order valence-electron chi connectivity index (χ1n) is 4.99. The molecular weight excluding hydrogens is 190 g/mol. The highest BCUT2D eigenvalue weighted by molar-refractivity contribution is 5.77. The fourth-order valence-corrected chi connectivity index (χ4v) is 1.37. The summed E-state index contributed by atoms with van der Waals surface area (Å²) in [5, 5.41) is 0. The molecule has 0 heterocycles. The van der Waals surface area contributed by atoms with Crippen molar-refractivity contribution in [1.82, 2.24) is 0 Å². The largest absolute Gasteiger partial charge is 0.468 e. The maximum atomic E-state index is 11.2. The van der Waals surface area contributed by atoms with Gasteiger partial charge in [0, 0.05) is 0 Å². The molecule has 1 aromatic carbocycles. The Morgan fingerprint density at radius 3 is 2.47 bits per heavy atom. The highest BCUT2D eigenvalue weighted by atomic mass is 16.5. The Bertz CT molecular complexity index is 347. The first kappa shape index (κ1) is 11.7. The number of benzene rings is 1. The Morgan fingerprint density at radius 2 is 1.93 bits per heavy atom. The Balaban J connectivity index is 2.95. The molecule has 1 atom stereocenters. The summed E-state index contributed by atoms with van der Waals surface area (Å²) in [5.74, 6) is 0.0192. The minimum Gasteiger partial charge on any atom is -0.468 e. The third kappa shape index (κ3) is 2.80. The topological polar surface area (TPSA) is 52.3 Å². The fraction of sp³-hybridized carbons (Fsp3) is 0.417. The van der Waals surface area contributed by atoms with Crippen LogP contribution in [0.15, 0.2) is 24.3 Å². The van der Waals surface area contributed by atoms with Gasteiger partial charge in [-0.1, -0.05) is 38.1 Å². The maximum Gasteiger partial charge on any atom is 0.327 e. The van der Waals surface area contributed by atoms with Crippen molar-refractivity contribution in [3.8, 4) is 0 Å². The molecule has 1 aromatic rings. The second kappa shape index (κ2) is 4.94. The van der Waals surface area contributed by atoms with Crippen LogP contribution in [0.2, 0.25) is 0 Å². The number of ether oxygens (including phenoxy) is 1. The second-order valence-corrected chi connectivity index (χ2v) is 3.83. The van der Waals surface area contributed by atoms with Crippen LogP contribution in [0.1, 0.15) is 36.9 Å². The summed E-state index contributed by atoms with van der Waals surface area (Å²) in [6.45, 7) is 4.20. The molecule has 0 saturated heterocycles. The van der Waals surface area contributed by atoms with Gasteiger partial charge < -0.3 is 10.5 Å². The van der Waals surface area contributed by atoms with Gasteiger partial charge in [0.2, 0.25) is 0 Å². The second-order valence-electron chi connectivity index (χ2n) is 3.83. The van der Waals surface area contributed by atoms with Crippen molar-refractivity contribution in [2.45, 2.75) is 25.8 Å². The van der Waals surface area contributed by atoms with Crippen LogP contribution in [0.3, 0.4) is 0 Å². The molecule has 0 aliphatic rings. The number of rotatable bonds is 3. The Labute approximate surface area is 90.2 Å². The molecule has 2 N–H and O–H groups in total. The number of carbonyl (C=O) groups excluding carboxylic acids is 1. The van der Waals surface area contributed by atoms with Gasteiger partial charge in [-0.05, 0) is 17.0 Å². The highest BCUT2D eigenvalue weighted by Gasteiger charge is 2.16. The lowest BCUT2D eigenvalue weighted by molar-refractivity contribution is -0.142. The van der Waals surface area contributed by atoms with Crippen molar-refractivity contribution in [1.29, 1.82) is 0 Å². The fourth-order valence-electron chi connectivity index (χ4n) is 1.37. The average Bonchev–Trinajstić information content (AvgIpc) is 2.27. The highest BCUT2D eigenvalue weighted by Crippen LogP contribution is 2.19. The summed E-state index contributed by atoms with van der Waals surface area (Å²) in [7, 11) is 1.34. The van der Waals surface area contributed by atoms with Gasteiger partial charge >= 0.3 is 5.97 Å². The van der Waals surface area contributed by atoms with Gasteiger partial charge in [0.1, 0.15) is 6.04 Å². The summed E-state index contributed by atoms with van der Waals surface area (Å²) in [6, 6.07) is 7.04. The molecule has 0 fully saturated rings. The van der Waals surface area contributed by atoms with Crippen molar-refractivity contribution in [2.24, 2.45) is 5.73 Å². The van der Waals surface area contributed by atoms with Crippen LogP contribution in [-0.2, 0) is 9.53 Å². The molecule has 0 saturated carbocycles. The Hall–Kier alpha value is -1.35. The average molecular weight is 207 g/mol. The number of methoxy groups -OCH3 is 1. The minimum absolute atomic E-state index is 0.407. The normalized spacial score (nSPS) is 12.6. The predicted octanol–water partition coefficient (Wildman–Crippen LogP) is 1.98. The van der Waals surface area contributed by atoms with Gasteiger partial charge in [0.25, 0.3) is 0 Å². The molecule has 0 bridgehead atoms. The zero-order valence-electron chi connectivity index (χ0n) is 9.36. The third-order valence-electron chi connectivity index (χ3n) is 2.39. The van der Waals surface area contributed by atoms with E-state index in [1.54, 1.807) is 0 Å². The van der Waals surface area contributed by atoms with E-state index >= 15 is 0 Å². The molecule has 0 aromatic heterocycles. The monoisotopic (exact) mass is 207 g/mol. The van der Waals surface area contributed by atoms with Crippen LogP contribution in [0.25, 0.3) is 0 Å². The lowest BCUT2D eigenvalue weighted by Gasteiger charge is -2.12. The van der Waals surface area contributed by atoms with Crippen LogP contribution >= 0.6 is 0 Å². The van der Waals surface area contributed by atoms with Crippen LogP contribution in [-0.4, -0.2) is 13.1 Å². The molecule has 1 rings (SSSR count). The molecule has 3 heteroatoms. The first-order chi connectivity index (χ1) is 7.06. The van der Waals surface area contributed by atoms with Crippen LogP contribution in [0.4, 0.5) is 0 Å². The van der Waals surface area contributed by atoms with Crippen LogP contribution < -0.4 is 5.73 Å². The molecule has 0 aliphatic heterocycles. The van der Waals surface area contributed by atoms with Crippen LogP contribution in [0, 0.1) is 0 Å². The van der Waals surface area contributed by atoms with Gasteiger partial charge in [-0.3, -0.25) is 4.79 Å². The lowest BCUT2D eigenvalue weighted by Crippen LogP contribution is -2.22. The predicted molar refractivity (Wildman–Crippen MR) is 59.5 cm³/mol. The zero-order valence-corrected chi connectivity index (χ0v) is 9.36. The van der Waals surface area contributed by atoms with Crippen molar-refractivity contribution in [2.75, 3.05) is 7.11 Å². The summed E-state index contributed by atoms with van der Waals surface area (Å²) in [4.78, 5) is 11.2. The molecule has 82 valence electrons. The van der Waals surface area contributed by atoms with Gasteiger partial charge in [-0.2, -0.15) is 0 Å². The van der Waals surface area contributed by atoms with E-state index in [1.165, 1.54) is 12.7 Å². The number of hydrogen-bond acceptors (Lipinski definition) is 3. The Morgan fingerprint density at radius 1 is 1.33 bits per heavy atom. The van der Waals surface area contributed by atoms with E-state index in [-0.39, 0.29) is 0 Å². The van der Waals surface area contributed by atoms with E-state index in [9.17, 15) is 4.79 Å². The maximum absolute atomic E-state index is 11.2. The van der Waals surface area contributed by atoms with E-state index in [0.717, 1.165) is 5.56 Å². The van der Waals surface area contributed by atoms with Gasteiger partial charge in [-0.15, -0.1) is 0 Å². The summed E-state index contributed by atoms with van der Waals surface area (Å²) < 4.78 is 4.60. The molecule has 0 aliphatic carbocycles. The molecule has 0 amide bonds. The first-order valence-corrected chi connectivity index (χ1v) is 4.99. The van der Waals surface area contributed by atoms with Crippen molar-refractivity contribution < 1.29 is 9.53 Å². The van der Waals surface area contributed by atoms with E-state index in [4.69, 9.17) is 5.73 Å². The molecule has 0 spiro atoms. The smallest absolute Gasteiger partial charge is 0.327 e. The van der Waals surface area contributed by atoms with E-state index in [2.05, 4.69) is 18.6 Å². The van der Waals surface area contributed by atoms with E-state index in [1.807, 2.05) is 24.3 Å². The van der Waals surface area contributed by atoms with Gasteiger partial charge in [0.05, 0.1) is 7.11 Å². The number of carbonyl (C=O) groups is 1. The lowest BCUT2D eigenvalue weighted by atomic mass is 9.98. The minimum atomic E-state index is -0.686. The number of nitrogens with two attached hydrogens (primary N) is 1. The van der Waals surface area contributed by atoms with Crippen molar-refractivity contribution >= 4 is 5.97 Å². The van der Waals surface area contributed by atoms with Crippen molar-refractivity contribution in [3.05, 3.63) is 35.4 Å². The third-order valence-corrected chi connectivity index (χ3v) is 2.39. The molecule has 15 heavy (non-hydrogen) atoms. The van der Waals surface area contributed by atoms with Crippen LogP contribution in [0.5, 0.6) is 0 Å². The summed E-state index contributed by atoms with van der Waals surface area (Å²) in [5.41, 5.74) is 7.72. The van der Waals surface area contributed by atoms with Gasteiger partial charge in [0.15, 0.2) is 0 Å². The summed E-state index contributed by atoms with van der Waals surface area (Å²) in [6.07, 6.45) is 0. The number of esters is 1. The number of hydrogen-bond donors (Lipinski definition) is 1. The SMILES string of the molecule is COC(=O)C(N)c1cccc(C(C)C)c1. The van der Waals surface area contributed by atoms with Crippen molar-refractivity contribution in [3.63, 3.8) is 0 Å². The Kier molecular flexibility index (Phi) is 3.86. The van der Waals surface area contributed by atoms with Gasteiger partial charge in [-0.25, -0.2) is 0 Å². The zero-order chi connectivity index (χ0) is 11.4. The summed E-state index contributed by atoms with van der Waals surface area (Å²) >= 11 is 0. The molecule has 1 unspecified atom stereocenters.